The molecule has 0 saturated heterocycles. The van der Waals surface area contributed by atoms with E-state index in [1.807, 2.05) is 0 Å². The van der Waals surface area contributed by atoms with Gasteiger partial charge < -0.3 is 5.73 Å². The van der Waals surface area contributed by atoms with Gasteiger partial charge in [0.1, 0.15) is 0 Å². The summed E-state index contributed by atoms with van der Waals surface area (Å²) in [6, 6.07) is 0. The molecule has 1 fully saturated rings. The minimum atomic E-state index is 0.434. The minimum absolute atomic E-state index is 0.434. The lowest BCUT2D eigenvalue weighted by Gasteiger charge is -2.49. The second-order valence-electron chi connectivity index (χ2n) is 4.97. The maximum absolute atomic E-state index is 5.86. The smallest absolute Gasteiger partial charge is 0.0290 e. The van der Waals surface area contributed by atoms with E-state index in [-0.39, 0.29) is 0 Å². The molecule has 1 rings (SSSR count). The Hall–Kier alpha value is 0.310. The predicted octanol–water partition coefficient (Wildman–Crippen LogP) is 2.89. The second-order valence-corrected chi connectivity index (χ2v) is 7.01. The van der Waals surface area contributed by atoms with E-state index in [1.54, 1.807) is 0 Å². The van der Waals surface area contributed by atoms with E-state index >= 15 is 0 Å². The van der Waals surface area contributed by atoms with Crippen molar-refractivity contribution in [1.82, 2.24) is 0 Å². The molecular formula is C11H23NS. The van der Waals surface area contributed by atoms with Gasteiger partial charge in [-0.1, -0.05) is 27.7 Å². The molecule has 0 unspecified atom stereocenters. The van der Waals surface area contributed by atoms with Crippen LogP contribution in [0.5, 0.6) is 0 Å². The van der Waals surface area contributed by atoms with Crippen LogP contribution in [0.2, 0.25) is 0 Å². The fraction of sp³-hybridized carbons (Fsp3) is 1.00. The van der Waals surface area contributed by atoms with Gasteiger partial charge >= 0.3 is 0 Å². The molecule has 0 aromatic rings. The van der Waals surface area contributed by atoms with Crippen LogP contribution >= 0.6 is 11.8 Å². The number of rotatable bonds is 4. The van der Waals surface area contributed by atoms with Gasteiger partial charge in [0.2, 0.25) is 0 Å². The molecular weight excluding hydrogens is 178 g/mol. The summed E-state index contributed by atoms with van der Waals surface area (Å²) in [6.07, 6.45) is 2.67. The Morgan fingerprint density at radius 2 is 1.85 bits per heavy atom. The fourth-order valence-electron chi connectivity index (χ4n) is 2.18. The zero-order valence-electron chi connectivity index (χ0n) is 9.34. The second kappa shape index (κ2) is 4.22. The molecule has 0 spiro atoms. The fourth-order valence-corrected chi connectivity index (χ4v) is 3.90. The van der Waals surface area contributed by atoms with Gasteiger partial charge in [0.25, 0.3) is 0 Å². The van der Waals surface area contributed by atoms with Crippen LogP contribution in [0.15, 0.2) is 0 Å². The van der Waals surface area contributed by atoms with E-state index in [2.05, 4.69) is 39.5 Å². The lowest BCUT2D eigenvalue weighted by atomic mass is 9.69. The molecule has 0 heterocycles. The van der Waals surface area contributed by atoms with Gasteiger partial charge in [-0.15, -0.1) is 0 Å². The minimum Gasteiger partial charge on any atom is -0.329 e. The third-order valence-electron chi connectivity index (χ3n) is 3.07. The van der Waals surface area contributed by atoms with Gasteiger partial charge in [0.15, 0.2) is 0 Å². The van der Waals surface area contributed by atoms with E-state index in [0.717, 1.165) is 23.6 Å². The summed E-state index contributed by atoms with van der Waals surface area (Å²) in [5.41, 5.74) is 5.86. The van der Waals surface area contributed by atoms with Crippen LogP contribution in [0, 0.1) is 11.8 Å². The molecule has 1 aliphatic carbocycles. The van der Waals surface area contributed by atoms with Gasteiger partial charge in [-0.05, 0) is 29.9 Å². The van der Waals surface area contributed by atoms with E-state index < -0.39 is 0 Å². The van der Waals surface area contributed by atoms with Crippen molar-refractivity contribution in [2.75, 3.05) is 6.54 Å². The van der Waals surface area contributed by atoms with E-state index in [0.29, 0.717) is 4.75 Å². The maximum Gasteiger partial charge on any atom is 0.0290 e. The molecule has 1 saturated carbocycles. The van der Waals surface area contributed by atoms with Crippen LogP contribution in [0.25, 0.3) is 0 Å². The molecule has 1 aliphatic rings. The van der Waals surface area contributed by atoms with Crippen LogP contribution in [0.3, 0.4) is 0 Å². The van der Waals surface area contributed by atoms with Crippen molar-refractivity contribution in [2.24, 2.45) is 17.6 Å². The summed E-state index contributed by atoms with van der Waals surface area (Å²) in [6.45, 7) is 10.0. The Labute approximate surface area is 86.8 Å². The Morgan fingerprint density at radius 1 is 1.31 bits per heavy atom. The van der Waals surface area contributed by atoms with Gasteiger partial charge in [0.05, 0.1) is 0 Å². The zero-order chi connectivity index (χ0) is 10.1. The molecule has 1 nitrogen and oxygen atoms in total. The topological polar surface area (TPSA) is 26.0 Å². The Bertz CT molecular complexity index is 159. The summed E-state index contributed by atoms with van der Waals surface area (Å²) in [5.74, 6) is 1.77. The number of hydrogen-bond acceptors (Lipinski definition) is 2. The average molecular weight is 201 g/mol. The van der Waals surface area contributed by atoms with E-state index in [4.69, 9.17) is 5.73 Å². The molecule has 0 amide bonds. The van der Waals surface area contributed by atoms with Crippen molar-refractivity contribution < 1.29 is 0 Å². The van der Waals surface area contributed by atoms with E-state index in [1.165, 1.54) is 12.8 Å². The van der Waals surface area contributed by atoms with Crippen LogP contribution < -0.4 is 5.73 Å². The first kappa shape index (κ1) is 11.4. The van der Waals surface area contributed by atoms with Crippen LogP contribution in [-0.2, 0) is 0 Å². The Morgan fingerprint density at radius 3 is 2.15 bits per heavy atom. The van der Waals surface area contributed by atoms with Crippen molar-refractivity contribution >= 4 is 11.8 Å². The summed E-state index contributed by atoms with van der Waals surface area (Å²) in [5, 5.41) is 0.719. The Balaban J connectivity index is 2.40. The highest BCUT2D eigenvalue weighted by Gasteiger charge is 2.44. The number of nitrogens with two attached hydrogens (primary N) is 1. The largest absolute Gasteiger partial charge is 0.329 e. The summed E-state index contributed by atoms with van der Waals surface area (Å²) in [4.78, 5) is 0. The first-order chi connectivity index (χ1) is 5.99. The van der Waals surface area contributed by atoms with Crippen molar-refractivity contribution in [3.63, 3.8) is 0 Å². The molecule has 0 aromatic carbocycles. The highest BCUT2D eigenvalue weighted by Crippen LogP contribution is 2.51. The first-order valence-electron chi connectivity index (χ1n) is 5.37. The SMILES string of the molecule is CC(C)SC1(CN)CC(C(C)C)C1. The van der Waals surface area contributed by atoms with Gasteiger partial charge in [-0.3, -0.25) is 0 Å². The molecule has 0 aliphatic heterocycles. The third kappa shape index (κ3) is 2.63. The summed E-state index contributed by atoms with van der Waals surface area (Å²) in [7, 11) is 0. The highest BCUT2D eigenvalue weighted by molar-refractivity contribution is 8.01. The van der Waals surface area contributed by atoms with Crippen molar-refractivity contribution in [3.05, 3.63) is 0 Å². The molecule has 0 bridgehead atoms. The van der Waals surface area contributed by atoms with Crippen LogP contribution in [0.1, 0.15) is 40.5 Å². The van der Waals surface area contributed by atoms with Crippen molar-refractivity contribution in [1.29, 1.82) is 0 Å². The standard InChI is InChI=1S/C11H23NS/c1-8(2)10-5-11(6-10,7-12)13-9(3)4/h8-10H,5-7,12H2,1-4H3. The molecule has 0 radical (unpaired) electrons. The lowest BCUT2D eigenvalue weighted by Crippen LogP contribution is -2.49. The Kier molecular flexibility index (Phi) is 3.70. The lowest BCUT2D eigenvalue weighted by molar-refractivity contribution is 0.176. The molecule has 0 atom stereocenters. The molecule has 13 heavy (non-hydrogen) atoms. The zero-order valence-corrected chi connectivity index (χ0v) is 10.2. The maximum atomic E-state index is 5.86. The highest BCUT2D eigenvalue weighted by atomic mass is 32.2. The number of thioether (sulfide) groups is 1. The van der Waals surface area contributed by atoms with Gasteiger partial charge in [-0.2, -0.15) is 11.8 Å². The molecule has 2 heteroatoms. The monoisotopic (exact) mass is 201 g/mol. The van der Waals surface area contributed by atoms with Crippen molar-refractivity contribution in [2.45, 2.75) is 50.5 Å². The summed E-state index contributed by atoms with van der Waals surface area (Å²) < 4.78 is 0.434. The quantitative estimate of drug-likeness (QED) is 0.757. The van der Waals surface area contributed by atoms with Gasteiger partial charge in [0, 0.05) is 11.3 Å². The molecule has 0 aromatic heterocycles. The summed E-state index contributed by atoms with van der Waals surface area (Å²) >= 11 is 2.08. The first-order valence-corrected chi connectivity index (χ1v) is 6.25. The van der Waals surface area contributed by atoms with Gasteiger partial charge in [-0.25, -0.2) is 0 Å². The number of hydrogen-bond donors (Lipinski definition) is 1. The van der Waals surface area contributed by atoms with E-state index in [9.17, 15) is 0 Å². The predicted molar refractivity (Wildman–Crippen MR) is 62.1 cm³/mol. The third-order valence-corrected chi connectivity index (χ3v) is 4.54. The molecule has 2 N–H and O–H groups in total. The normalized spacial score (nSPS) is 33.9. The molecule has 78 valence electrons. The van der Waals surface area contributed by atoms with Crippen LogP contribution in [-0.4, -0.2) is 16.5 Å². The average Bonchev–Trinajstić information content (AvgIpc) is 1.94. The van der Waals surface area contributed by atoms with Crippen LogP contribution in [0.4, 0.5) is 0 Å². The van der Waals surface area contributed by atoms with Crippen molar-refractivity contribution in [3.8, 4) is 0 Å².